The Morgan fingerprint density at radius 1 is 1.48 bits per heavy atom. The van der Waals surface area contributed by atoms with Gasteiger partial charge in [-0.25, -0.2) is 14.2 Å². The van der Waals surface area contributed by atoms with E-state index in [2.05, 4.69) is 10.3 Å². The maximum atomic E-state index is 13.9. The van der Waals surface area contributed by atoms with Crippen molar-refractivity contribution in [2.24, 2.45) is 5.92 Å². The Kier molecular flexibility index (Phi) is 5.68. The van der Waals surface area contributed by atoms with Crippen LogP contribution in [0.4, 0.5) is 9.18 Å². The molecule has 7 heteroatoms. The molecular weight excluding hydrogens is 301 g/mol. The van der Waals surface area contributed by atoms with Crippen molar-refractivity contribution in [3.05, 3.63) is 35.5 Å². The summed E-state index contributed by atoms with van der Waals surface area (Å²) >= 11 is 0. The van der Waals surface area contributed by atoms with E-state index in [1.54, 1.807) is 6.07 Å². The van der Waals surface area contributed by atoms with Gasteiger partial charge in [-0.15, -0.1) is 0 Å². The lowest BCUT2D eigenvalue weighted by atomic mass is 10.1. The molecule has 1 aliphatic heterocycles. The average molecular weight is 323 g/mol. The van der Waals surface area contributed by atoms with E-state index in [0.29, 0.717) is 18.7 Å². The highest BCUT2D eigenvalue weighted by atomic mass is 19.1. The number of aliphatic hydroxyl groups is 1. The predicted molar refractivity (Wildman–Crippen MR) is 84.1 cm³/mol. The number of nitrogens with one attached hydrogen (secondary N) is 1. The summed E-state index contributed by atoms with van der Waals surface area (Å²) in [5.74, 6) is -0.205. The summed E-state index contributed by atoms with van der Waals surface area (Å²) in [6.45, 7) is 4.50. The molecule has 0 saturated heterocycles. The van der Waals surface area contributed by atoms with E-state index < -0.39 is 11.9 Å². The highest BCUT2D eigenvalue weighted by molar-refractivity contribution is 5.74. The summed E-state index contributed by atoms with van der Waals surface area (Å²) in [6, 6.07) is 2.77. The third-order valence-corrected chi connectivity index (χ3v) is 3.96. The van der Waals surface area contributed by atoms with E-state index in [9.17, 15) is 14.3 Å². The van der Waals surface area contributed by atoms with Crippen LogP contribution in [0, 0.1) is 11.7 Å². The smallest absolute Gasteiger partial charge is 0.411 e. The van der Waals surface area contributed by atoms with E-state index in [4.69, 9.17) is 5.11 Å². The molecule has 1 atom stereocenters. The zero-order valence-corrected chi connectivity index (χ0v) is 13.3. The minimum Gasteiger partial charge on any atom is -0.465 e. The van der Waals surface area contributed by atoms with Gasteiger partial charge in [0.2, 0.25) is 0 Å². The van der Waals surface area contributed by atoms with Crippen molar-refractivity contribution < 1.29 is 19.4 Å². The quantitative estimate of drug-likeness (QED) is 0.746. The normalized spacial score (nSPS) is 15.9. The standard InChI is InChI=1S/C16H22FN3O3/c1-10(2)15(9-21)18-7-14-12(17)3-4-13(19-14)11-5-6-20(8-11)16(22)23/h3-4,8,10,15,18,21H,5-7,9H2,1-2H3,(H,22,23). The van der Waals surface area contributed by atoms with Crippen molar-refractivity contribution in [1.82, 2.24) is 15.2 Å². The molecule has 23 heavy (non-hydrogen) atoms. The lowest BCUT2D eigenvalue weighted by molar-refractivity contribution is 0.166. The van der Waals surface area contributed by atoms with Gasteiger partial charge in [0.25, 0.3) is 0 Å². The van der Waals surface area contributed by atoms with E-state index in [0.717, 1.165) is 5.57 Å². The van der Waals surface area contributed by atoms with Gasteiger partial charge >= 0.3 is 6.09 Å². The molecular formula is C16H22FN3O3. The van der Waals surface area contributed by atoms with Crippen LogP contribution in [0.3, 0.4) is 0 Å². The van der Waals surface area contributed by atoms with Gasteiger partial charge < -0.3 is 15.5 Å². The monoisotopic (exact) mass is 323 g/mol. The molecule has 1 aromatic heterocycles. The molecule has 1 aromatic rings. The SMILES string of the molecule is CC(C)C(CO)NCc1nc(C2=CN(C(=O)O)CC2)ccc1F. The van der Waals surface area contributed by atoms with Crippen LogP contribution in [0.25, 0.3) is 5.57 Å². The van der Waals surface area contributed by atoms with Gasteiger partial charge in [0.1, 0.15) is 5.82 Å². The van der Waals surface area contributed by atoms with Gasteiger partial charge in [-0.2, -0.15) is 0 Å². The highest BCUT2D eigenvalue weighted by Crippen LogP contribution is 2.24. The molecule has 0 spiro atoms. The van der Waals surface area contributed by atoms with Crippen LogP contribution in [0.1, 0.15) is 31.7 Å². The van der Waals surface area contributed by atoms with Crippen LogP contribution in [0.2, 0.25) is 0 Å². The second kappa shape index (κ2) is 7.52. The fourth-order valence-electron chi connectivity index (χ4n) is 2.43. The van der Waals surface area contributed by atoms with Crippen molar-refractivity contribution >= 4 is 11.7 Å². The van der Waals surface area contributed by atoms with E-state index in [-0.39, 0.29) is 30.8 Å². The first-order chi connectivity index (χ1) is 10.9. The number of pyridine rings is 1. The summed E-state index contributed by atoms with van der Waals surface area (Å²) in [7, 11) is 0. The molecule has 1 aliphatic rings. The largest absolute Gasteiger partial charge is 0.465 e. The Hall–Kier alpha value is -1.99. The second-order valence-corrected chi connectivity index (χ2v) is 5.92. The Morgan fingerprint density at radius 2 is 2.22 bits per heavy atom. The number of aromatic nitrogens is 1. The van der Waals surface area contributed by atoms with Crippen molar-refractivity contribution in [3.63, 3.8) is 0 Å². The number of hydrogen-bond donors (Lipinski definition) is 3. The number of rotatable bonds is 6. The van der Waals surface area contributed by atoms with Crippen LogP contribution in [0.5, 0.6) is 0 Å². The van der Waals surface area contributed by atoms with Gasteiger partial charge in [-0.05, 0) is 30.0 Å². The molecule has 0 fully saturated rings. The molecule has 2 heterocycles. The molecule has 1 amide bonds. The van der Waals surface area contributed by atoms with Crippen LogP contribution in [-0.2, 0) is 6.54 Å². The Bertz CT molecular complexity index is 604. The molecule has 6 nitrogen and oxygen atoms in total. The Labute approximate surface area is 134 Å². The number of hydrogen-bond acceptors (Lipinski definition) is 4. The summed E-state index contributed by atoms with van der Waals surface area (Å²) in [6.07, 6.45) is 1.08. The summed E-state index contributed by atoms with van der Waals surface area (Å²) < 4.78 is 13.9. The van der Waals surface area contributed by atoms with Crippen molar-refractivity contribution in [2.45, 2.75) is 32.9 Å². The molecule has 0 aromatic carbocycles. The number of carboxylic acid groups (broad SMARTS) is 1. The van der Waals surface area contributed by atoms with Crippen molar-refractivity contribution in [3.8, 4) is 0 Å². The number of halogens is 1. The third-order valence-electron chi connectivity index (χ3n) is 3.96. The minimum atomic E-state index is -1.01. The second-order valence-electron chi connectivity index (χ2n) is 5.92. The molecule has 3 N–H and O–H groups in total. The first kappa shape index (κ1) is 17.4. The molecule has 126 valence electrons. The Morgan fingerprint density at radius 3 is 2.78 bits per heavy atom. The topological polar surface area (TPSA) is 85.7 Å². The van der Waals surface area contributed by atoms with E-state index in [1.807, 2.05) is 13.8 Å². The molecule has 0 bridgehead atoms. The Balaban J connectivity index is 2.13. The summed E-state index contributed by atoms with van der Waals surface area (Å²) in [4.78, 5) is 16.4. The van der Waals surface area contributed by atoms with Crippen LogP contribution >= 0.6 is 0 Å². The van der Waals surface area contributed by atoms with Gasteiger partial charge in [0.05, 0.1) is 18.0 Å². The zero-order valence-electron chi connectivity index (χ0n) is 13.3. The number of carbonyl (C=O) groups is 1. The molecule has 0 saturated carbocycles. The van der Waals surface area contributed by atoms with E-state index >= 15 is 0 Å². The molecule has 0 aliphatic carbocycles. The number of aliphatic hydroxyl groups excluding tert-OH is 1. The maximum Gasteiger partial charge on any atom is 0.411 e. The third kappa shape index (κ3) is 4.27. The fourth-order valence-corrected chi connectivity index (χ4v) is 2.43. The van der Waals surface area contributed by atoms with Gasteiger partial charge in [0.15, 0.2) is 0 Å². The number of amides is 1. The summed E-state index contributed by atoms with van der Waals surface area (Å²) in [5, 5.41) is 21.4. The van der Waals surface area contributed by atoms with Crippen LogP contribution in [-0.4, -0.2) is 45.4 Å². The molecule has 2 rings (SSSR count). The van der Waals surface area contributed by atoms with E-state index in [1.165, 1.54) is 17.2 Å². The van der Waals surface area contributed by atoms with Crippen LogP contribution < -0.4 is 5.32 Å². The molecule has 1 unspecified atom stereocenters. The first-order valence-electron chi connectivity index (χ1n) is 7.62. The predicted octanol–water partition coefficient (Wildman–Crippen LogP) is 2.05. The average Bonchev–Trinajstić information content (AvgIpc) is 2.99. The summed E-state index contributed by atoms with van der Waals surface area (Å²) in [5.41, 5.74) is 1.62. The highest BCUT2D eigenvalue weighted by Gasteiger charge is 2.20. The fraction of sp³-hybridized carbons (Fsp3) is 0.500. The lowest BCUT2D eigenvalue weighted by Crippen LogP contribution is -2.37. The maximum absolute atomic E-state index is 13.9. The minimum absolute atomic E-state index is 0.0301. The van der Waals surface area contributed by atoms with Crippen LogP contribution in [0.15, 0.2) is 18.3 Å². The van der Waals surface area contributed by atoms with Gasteiger partial charge in [0, 0.05) is 25.3 Å². The van der Waals surface area contributed by atoms with Gasteiger partial charge in [-0.3, -0.25) is 4.90 Å². The van der Waals surface area contributed by atoms with Crippen molar-refractivity contribution in [1.29, 1.82) is 0 Å². The van der Waals surface area contributed by atoms with Gasteiger partial charge in [-0.1, -0.05) is 13.8 Å². The van der Waals surface area contributed by atoms with Crippen molar-refractivity contribution in [2.75, 3.05) is 13.2 Å². The first-order valence-corrected chi connectivity index (χ1v) is 7.62. The zero-order chi connectivity index (χ0) is 17.0. The molecule has 0 radical (unpaired) electrons. The number of nitrogens with zero attached hydrogens (tertiary/aromatic N) is 2. The lowest BCUT2D eigenvalue weighted by Gasteiger charge is -2.20.